The Morgan fingerprint density at radius 2 is 1.70 bits per heavy atom. The van der Waals surface area contributed by atoms with Crippen molar-refractivity contribution in [2.24, 2.45) is 5.92 Å². The third-order valence-electron chi connectivity index (χ3n) is 5.34. The first kappa shape index (κ1) is 21.8. The molecule has 27 heavy (non-hydrogen) atoms. The van der Waals surface area contributed by atoms with Crippen molar-refractivity contribution in [3.63, 3.8) is 0 Å². The monoisotopic (exact) mass is 387 g/mol. The molecule has 0 bridgehead atoms. The Kier molecular flexibility index (Phi) is 9.72. The van der Waals surface area contributed by atoms with Crippen LogP contribution in [0.4, 0.5) is 0 Å². The van der Waals surface area contributed by atoms with E-state index in [1.165, 1.54) is 62.9 Å². The van der Waals surface area contributed by atoms with Crippen molar-refractivity contribution >= 4 is 12.4 Å². The van der Waals surface area contributed by atoms with Crippen LogP contribution in [-0.4, -0.2) is 31.1 Å². The van der Waals surface area contributed by atoms with Gasteiger partial charge >= 0.3 is 0 Å². The first-order chi connectivity index (χ1) is 12.8. The fourth-order valence-corrected chi connectivity index (χ4v) is 3.83. The lowest BCUT2D eigenvalue weighted by molar-refractivity contribution is 0.128. The lowest BCUT2D eigenvalue weighted by Gasteiger charge is -2.32. The van der Waals surface area contributed by atoms with E-state index in [1.807, 2.05) is 0 Å². The molecule has 1 fully saturated rings. The van der Waals surface area contributed by atoms with Gasteiger partial charge in [-0.1, -0.05) is 62.2 Å². The molecule has 1 saturated heterocycles. The Morgan fingerprint density at radius 3 is 2.44 bits per heavy atom. The average Bonchev–Trinajstić information content (AvgIpc) is 2.69. The van der Waals surface area contributed by atoms with E-state index in [4.69, 9.17) is 4.74 Å². The predicted molar refractivity (Wildman–Crippen MR) is 117 cm³/mol. The summed E-state index contributed by atoms with van der Waals surface area (Å²) in [7, 11) is 0. The van der Waals surface area contributed by atoms with Gasteiger partial charge in [-0.15, -0.1) is 12.4 Å². The van der Waals surface area contributed by atoms with E-state index in [9.17, 15) is 0 Å². The van der Waals surface area contributed by atoms with Crippen molar-refractivity contribution < 1.29 is 4.74 Å². The largest absolute Gasteiger partial charge is 0.493 e. The summed E-state index contributed by atoms with van der Waals surface area (Å²) >= 11 is 0. The fraction of sp³-hybridized carbons (Fsp3) is 0.500. The maximum atomic E-state index is 6.10. The van der Waals surface area contributed by atoms with Crippen LogP contribution in [-0.2, 0) is 6.42 Å². The zero-order valence-corrected chi connectivity index (χ0v) is 17.4. The summed E-state index contributed by atoms with van der Waals surface area (Å²) in [6, 6.07) is 19.3. The number of rotatable bonds is 9. The van der Waals surface area contributed by atoms with Gasteiger partial charge in [-0.25, -0.2) is 0 Å². The second-order valence-electron chi connectivity index (χ2n) is 7.63. The van der Waals surface area contributed by atoms with E-state index in [2.05, 4.69) is 66.4 Å². The molecule has 0 aromatic heterocycles. The van der Waals surface area contributed by atoms with Crippen molar-refractivity contribution in [3.05, 3.63) is 65.7 Å². The molecule has 0 N–H and O–H groups in total. The van der Waals surface area contributed by atoms with E-state index in [0.717, 1.165) is 18.8 Å². The minimum Gasteiger partial charge on any atom is -0.493 e. The fourth-order valence-electron chi connectivity index (χ4n) is 3.83. The van der Waals surface area contributed by atoms with Crippen molar-refractivity contribution in [3.8, 4) is 5.75 Å². The minimum absolute atomic E-state index is 0. The maximum absolute atomic E-state index is 6.10. The highest BCUT2D eigenvalue weighted by Gasteiger charge is 2.20. The summed E-state index contributed by atoms with van der Waals surface area (Å²) in [5, 5.41) is 0. The van der Waals surface area contributed by atoms with Crippen molar-refractivity contribution in [2.45, 2.75) is 45.4 Å². The highest BCUT2D eigenvalue weighted by atomic mass is 35.5. The average molecular weight is 388 g/mol. The molecule has 0 aliphatic carbocycles. The van der Waals surface area contributed by atoms with Gasteiger partial charge in [0.15, 0.2) is 0 Å². The van der Waals surface area contributed by atoms with Crippen LogP contribution in [0.5, 0.6) is 5.75 Å². The Labute approximate surface area is 171 Å². The molecule has 3 heteroatoms. The van der Waals surface area contributed by atoms with Gasteiger partial charge in [0.1, 0.15) is 5.75 Å². The van der Waals surface area contributed by atoms with E-state index >= 15 is 0 Å². The molecule has 1 atom stereocenters. The molecule has 1 heterocycles. The zero-order chi connectivity index (χ0) is 18.0. The Bertz CT molecular complexity index is 629. The number of likely N-dealkylation sites (tertiary alicyclic amines) is 1. The standard InChI is InChI=1S/C24H33NO.ClH/c1-2-3-7-16-25-17-8-11-23(19-25)20-26-24-14-12-22(13-15-24)18-21-9-5-4-6-10-21;/h4-6,9-10,12-15,23H,2-3,7-8,11,16-20H2,1H3;1H. The van der Waals surface area contributed by atoms with Crippen LogP contribution in [0, 0.1) is 5.92 Å². The number of piperidine rings is 1. The Hall–Kier alpha value is -1.51. The third kappa shape index (κ3) is 7.56. The smallest absolute Gasteiger partial charge is 0.119 e. The van der Waals surface area contributed by atoms with Crippen molar-refractivity contribution in [1.29, 1.82) is 0 Å². The molecule has 2 aromatic rings. The highest BCUT2D eigenvalue weighted by molar-refractivity contribution is 5.85. The van der Waals surface area contributed by atoms with Crippen LogP contribution in [0.15, 0.2) is 54.6 Å². The maximum Gasteiger partial charge on any atom is 0.119 e. The van der Waals surface area contributed by atoms with E-state index in [-0.39, 0.29) is 12.4 Å². The van der Waals surface area contributed by atoms with Crippen LogP contribution >= 0.6 is 12.4 Å². The quantitative estimate of drug-likeness (QED) is 0.490. The summed E-state index contributed by atoms with van der Waals surface area (Å²) in [5.41, 5.74) is 2.69. The van der Waals surface area contributed by atoms with Gasteiger partial charge in [0.25, 0.3) is 0 Å². The van der Waals surface area contributed by atoms with Crippen LogP contribution in [0.3, 0.4) is 0 Å². The second-order valence-corrected chi connectivity index (χ2v) is 7.63. The summed E-state index contributed by atoms with van der Waals surface area (Å²) in [4.78, 5) is 2.64. The summed E-state index contributed by atoms with van der Waals surface area (Å²) in [6.07, 6.45) is 7.60. The van der Waals surface area contributed by atoms with Gasteiger partial charge in [0, 0.05) is 12.5 Å². The summed E-state index contributed by atoms with van der Waals surface area (Å²) < 4.78 is 6.10. The molecule has 0 radical (unpaired) electrons. The molecule has 2 nitrogen and oxygen atoms in total. The van der Waals surface area contributed by atoms with Crippen LogP contribution in [0.2, 0.25) is 0 Å². The normalized spacial score (nSPS) is 17.3. The van der Waals surface area contributed by atoms with Crippen molar-refractivity contribution in [1.82, 2.24) is 4.90 Å². The molecule has 0 saturated carbocycles. The number of ether oxygens (including phenoxy) is 1. The van der Waals surface area contributed by atoms with E-state index in [0.29, 0.717) is 5.92 Å². The lowest BCUT2D eigenvalue weighted by Crippen LogP contribution is -2.38. The van der Waals surface area contributed by atoms with E-state index in [1.54, 1.807) is 0 Å². The topological polar surface area (TPSA) is 12.5 Å². The molecule has 0 amide bonds. The first-order valence-corrected chi connectivity index (χ1v) is 10.3. The third-order valence-corrected chi connectivity index (χ3v) is 5.34. The zero-order valence-electron chi connectivity index (χ0n) is 16.6. The number of hydrogen-bond donors (Lipinski definition) is 0. The van der Waals surface area contributed by atoms with Gasteiger partial charge in [0.05, 0.1) is 6.61 Å². The Balaban J connectivity index is 0.00000261. The first-order valence-electron chi connectivity index (χ1n) is 10.3. The second kappa shape index (κ2) is 12.0. The van der Waals surface area contributed by atoms with Crippen molar-refractivity contribution in [2.75, 3.05) is 26.2 Å². The molecule has 1 aliphatic rings. The van der Waals surface area contributed by atoms with Crippen LogP contribution in [0.1, 0.15) is 50.2 Å². The molecule has 1 aliphatic heterocycles. The number of nitrogens with zero attached hydrogens (tertiary/aromatic N) is 1. The molecule has 148 valence electrons. The molecule has 3 rings (SSSR count). The predicted octanol–water partition coefficient (Wildman–Crippen LogP) is 5.98. The van der Waals surface area contributed by atoms with Crippen LogP contribution in [0.25, 0.3) is 0 Å². The summed E-state index contributed by atoms with van der Waals surface area (Å²) in [5.74, 6) is 1.68. The molecule has 1 unspecified atom stereocenters. The summed E-state index contributed by atoms with van der Waals surface area (Å²) in [6.45, 7) is 6.86. The molecule has 0 spiro atoms. The van der Waals surface area contributed by atoms with Gasteiger partial charge in [0.2, 0.25) is 0 Å². The lowest BCUT2D eigenvalue weighted by atomic mass is 9.98. The van der Waals surface area contributed by atoms with Gasteiger partial charge in [-0.05, 0) is 62.0 Å². The SMILES string of the molecule is CCCCCN1CCCC(COc2ccc(Cc3ccccc3)cc2)C1.Cl. The number of halogens is 1. The number of benzene rings is 2. The molecular weight excluding hydrogens is 354 g/mol. The Morgan fingerprint density at radius 1 is 0.963 bits per heavy atom. The molecule has 2 aromatic carbocycles. The minimum atomic E-state index is 0. The van der Waals surface area contributed by atoms with Crippen LogP contribution < -0.4 is 4.74 Å². The van der Waals surface area contributed by atoms with Gasteiger partial charge in [-0.2, -0.15) is 0 Å². The van der Waals surface area contributed by atoms with Gasteiger partial charge < -0.3 is 9.64 Å². The highest BCUT2D eigenvalue weighted by Crippen LogP contribution is 2.20. The number of hydrogen-bond acceptors (Lipinski definition) is 2. The van der Waals surface area contributed by atoms with E-state index < -0.39 is 0 Å². The number of unbranched alkanes of at least 4 members (excludes halogenated alkanes) is 2. The molecular formula is C24H34ClNO. The van der Waals surface area contributed by atoms with Gasteiger partial charge in [-0.3, -0.25) is 0 Å².